The molecule has 0 bridgehead atoms. The second-order valence-corrected chi connectivity index (χ2v) is 5.64. The number of hydrogen-bond donors (Lipinski definition) is 2. The minimum atomic E-state index is -0.959. The van der Waals surface area contributed by atoms with Crippen LogP contribution >= 0.6 is 27.3 Å². The van der Waals surface area contributed by atoms with Crippen molar-refractivity contribution in [2.45, 2.75) is 6.54 Å². The van der Waals surface area contributed by atoms with Gasteiger partial charge >= 0.3 is 5.97 Å². The molecule has 0 fully saturated rings. The fourth-order valence-corrected chi connectivity index (χ4v) is 2.81. The lowest BCUT2D eigenvalue weighted by molar-refractivity contribution is 0.0696. The van der Waals surface area contributed by atoms with Crippen LogP contribution < -0.4 is 5.32 Å². The first-order valence-corrected chi connectivity index (χ1v) is 7.08. The van der Waals surface area contributed by atoms with Gasteiger partial charge in [-0.3, -0.25) is 4.79 Å². The molecule has 2 N–H and O–H groups in total. The van der Waals surface area contributed by atoms with E-state index < -0.39 is 5.97 Å². The Bertz CT molecular complexity index is 607. The van der Waals surface area contributed by atoms with Crippen molar-refractivity contribution in [2.24, 2.45) is 0 Å². The number of thiophene rings is 1. The van der Waals surface area contributed by atoms with Crippen LogP contribution in [0.25, 0.3) is 0 Å². The summed E-state index contributed by atoms with van der Waals surface area (Å²) in [5.41, 5.74) is 1.09. The van der Waals surface area contributed by atoms with E-state index in [0.717, 1.165) is 10.0 Å². The first-order valence-electron chi connectivity index (χ1n) is 5.41. The van der Waals surface area contributed by atoms with Crippen LogP contribution in [0.15, 0.2) is 40.2 Å². The third-order valence-electron chi connectivity index (χ3n) is 2.45. The fourth-order valence-electron chi connectivity index (χ4n) is 1.47. The van der Waals surface area contributed by atoms with Gasteiger partial charge in [0.1, 0.15) is 0 Å². The summed E-state index contributed by atoms with van der Waals surface area (Å²) in [4.78, 5) is 23.1. The maximum Gasteiger partial charge on any atom is 0.335 e. The van der Waals surface area contributed by atoms with Crippen LogP contribution in [0.4, 0.5) is 0 Å². The van der Waals surface area contributed by atoms with Crippen LogP contribution in [0.5, 0.6) is 0 Å². The molecule has 6 heteroatoms. The molecule has 0 radical (unpaired) electrons. The number of aromatic carboxylic acids is 1. The lowest BCUT2D eigenvalue weighted by Crippen LogP contribution is -2.21. The maximum atomic E-state index is 11.8. The minimum Gasteiger partial charge on any atom is -0.478 e. The van der Waals surface area contributed by atoms with E-state index in [4.69, 9.17) is 5.11 Å². The summed E-state index contributed by atoms with van der Waals surface area (Å²) in [7, 11) is 0. The van der Waals surface area contributed by atoms with Crippen molar-refractivity contribution in [1.82, 2.24) is 5.32 Å². The number of benzene rings is 1. The topological polar surface area (TPSA) is 66.4 Å². The molecular weight excluding hydrogens is 330 g/mol. The largest absolute Gasteiger partial charge is 0.478 e. The zero-order valence-corrected chi connectivity index (χ0v) is 12.1. The summed E-state index contributed by atoms with van der Waals surface area (Å²) in [5.74, 6) is -1.10. The maximum absolute atomic E-state index is 11.8. The number of carboxylic acid groups (broad SMARTS) is 1. The quantitative estimate of drug-likeness (QED) is 0.899. The summed E-state index contributed by atoms with van der Waals surface area (Å²) < 4.78 is 0.883. The highest BCUT2D eigenvalue weighted by Crippen LogP contribution is 2.19. The van der Waals surface area contributed by atoms with Crippen molar-refractivity contribution >= 4 is 39.1 Å². The first kappa shape index (κ1) is 13.8. The Labute approximate surface area is 122 Å². The van der Waals surface area contributed by atoms with Crippen LogP contribution in [-0.2, 0) is 6.54 Å². The summed E-state index contributed by atoms with van der Waals surface area (Å²) >= 11 is 4.66. The van der Waals surface area contributed by atoms with E-state index in [1.807, 2.05) is 5.38 Å². The highest BCUT2D eigenvalue weighted by Gasteiger charge is 2.08. The van der Waals surface area contributed by atoms with Crippen LogP contribution in [0.2, 0.25) is 0 Å². The average Bonchev–Trinajstić information content (AvgIpc) is 2.83. The Kier molecular flexibility index (Phi) is 4.34. The smallest absolute Gasteiger partial charge is 0.335 e. The molecule has 1 amide bonds. The van der Waals surface area contributed by atoms with Gasteiger partial charge in [-0.2, -0.15) is 0 Å². The molecule has 4 nitrogen and oxygen atoms in total. The molecular formula is C13H10BrNO3S. The summed E-state index contributed by atoms with van der Waals surface area (Å²) in [6.07, 6.45) is 0. The minimum absolute atomic E-state index is 0.141. The number of hydrogen-bond acceptors (Lipinski definition) is 3. The van der Waals surface area contributed by atoms with E-state index >= 15 is 0 Å². The molecule has 0 saturated carbocycles. The van der Waals surface area contributed by atoms with Gasteiger partial charge in [-0.25, -0.2) is 4.79 Å². The van der Waals surface area contributed by atoms with Crippen molar-refractivity contribution in [3.8, 4) is 0 Å². The third-order valence-corrected chi connectivity index (χ3v) is 4.14. The van der Waals surface area contributed by atoms with Crippen molar-refractivity contribution in [3.05, 3.63) is 56.2 Å². The molecule has 98 valence electrons. The molecule has 0 aliphatic heterocycles. The van der Waals surface area contributed by atoms with E-state index in [9.17, 15) is 9.59 Å². The molecule has 1 aromatic carbocycles. The molecule has 19 heavy (non-hydrogen) atoms. The zero-order chi connectivity index (χ0) is 13.8. The second kappa shape index (κ2) is 5.99. The van der Waals surface area contributed by atoms with Crippen molar-refractivity contribution in [2.75, 3.05) is 0 Å². The van der Waals surface area contributed by atoms with Crippen LogP contribution in [0, 0.1) is 0 Å². The van der Waals surface area contributed by atoms with Gasteiger partial charge in [-0.1, -0.05) is 12.1 Å². The Morgan fingerprint density at radius 2 is 1.95 bits per heavy atom. The first-order chi connectivity index (χ1) is 9.06. The number of rotatable bonds is 4. The van der Waals surface area contributed by atoms with Crippen LogP contribution in [-0.4, -0.2) is 17.0 Å². The van der Waals surface area contributed by atoms with Gasteiger partial charge in [0.15, 0.2) is 0 Å². The van der Waals surface area contributed by atoms with E-state index in [1.165, 1.54) is 23.5 Å². The highest BCUT2D eigenvalue weighted by atomic mass is 79.9. The number of halogens is 1. The molecule has 1 aromatic heterocycles. The van der Waals surface area contributed by atoms with Crippen molar-refractivity contribution in [1.29, 1.82) is 0 Å². The van der Waals surface area contributed by atoms with E-state index in [-0.39, 0.29) is 11.5 Å². The van der Waals surface area contributed by atoms with Crippen LogP contribution in [0.1, 0.15) is 25.6 Å². The van der Waals surface area contributed by atoms with Gasteiger partial charge in [0.05, 0.1) is 10.4 Å². The molecule has 0 saturated heterocycles. The average molecular weight is 340 g/mol. The van der Waals surface area contributed by atoms with Crippen molar-refractivity contribution in [3.63, 3.8) is 0 Å². The van der Waals surface area contributed by atoms with Crippen LogP contribution in [0.3, 0.4) is 0 Å². The second-order valence-electron chi connectivity index (χ2n) is 3.81. The van der Waals surface area contributed by atoms with Gasteiger partial charge in [-0.15, -0.1) is 11.3 Å². The van der Waals surface area contributed by atoms with E-state index in [2.05, 4.69) is 21.2 Å². The molecule has 0 atom stereocenters. The number of carbonyl (C=O) groups is 2. The Morgan fingerprint density at radius 3 is 2.47 bits per heavy atom. The molecule has 0 aliphatic carbocycles. The number of amides is 1. The Morgan fingerprint density at radius 1 is 1.26 bits per heavy atom. The zero-order valence-electron chi connectivity index (χ0n) is 9.72. The monoisotopic (exact) mass is 339 g/mol. The lowest BCUT2D eigenvalue weighted by atomic mass is 10.1. The Hall–Kier alpha value is -1.66. The number of carbonyl (C=O) groups excluding carboxylic acids is 1. The Balaban J connectivity index is 1.95. The van der Waals surface area contributed by atoms with Gasteiger partial charge in [-0.05, 0) is 39.7 Å². The predicted molar refractivity (Wildman–Crippen MR) is 76.6 cm³/mol. The molecule has 0 unspecified atom stereocenters. The summed E-state index contributed by atoms with van der Waals surface area (Å²) in [5, 5.41) is 13.4. The summed E-state index contributed by atoms with van der Waals surface area (Å²) in [6.45, 7) is 0.369. The van der Waals surface area contributed by atoms with E-state index in [1.54, 1.807) is 18.2 Å². The normalized spacial score (nSPS) is 10.2. The summed E-state index contributed by atoms with van der Waals surface area (Å²) in [6, 6.07) is 8.17. The number of nitrogens with one attached hydrogen (secondary N) is 1. The standard InChI is InChI=1S/C13H10BrNO3S/c14-10-5-11(19-7-10)12(16)15-6-8-1-3-9(4-2-8)13(17)18/h1-5,7H,6H2,(H,15,16)(H,17,18). The van der Waals surface area contributed by atoms with Gasteiger partial charge in [0.25, 0.3) is 5.91 Å². The number of carboxylic acids is 1. The van der Waals surface area contributed by atoms with Gasteiger partial charge < -0.3 is 10.4 Å². The lowest BCUT2D eigenvalue weighted by Gasteiger charge is -2.04. The predicted octanol–water partition coefficient (Wildman–Crippen LogP) is 3.14. The molecule has 2 rings (SSSR count). The molecule has 2 aromatic rings. The fraction of sp³-hybridized carbons (Fsp3) is 0.0769. The molecule has 1 heterocycles. The SMILES string of the molecule is O=C(O)c1ccc(CNC(=O)c2cc(Br)cs2)cc1. The van der Waals surface area contributed by atoms with Gasteiger partial charge in [0, 0.05) is 16.4 Å². The van der Waals surface area contributed by atoms with Crippen molar-refractivity contribution < 1.29 is 14.7 Å². The van der Waals surface area contributed by atoms with Gasteiger partial charge in [0.2, 0.25) is 0 Å². The van der Waals surface area contributed by atoms with E-state index in [0.29, 0.717) is 11.4 Å². The highest BCUT2D eigenvalue weighted by molar-refractivity contribution is 9.10. The third kappa shape index (κ3) is 3.65. The molecule has 0 spiro atoms. The molecule has 0 aliphatic rings.